The van der Waals surface area contributed by atoms with Crippen molar-refractivity contribution in [3.05, 3.63) is 70.4 Å². The van der Waals surface area contributed by atoms with Crippen LogP contribution in [0.4, 0.5) is 5.95 Å². The summed E-state index contributed by atoms with van der Waals surface area (Å²) in [4.78, 5) is 22.7. The average Bonchev–Trinajstić information content (AvgIpc) is 3.44. The van der Waals surface area contributed by atoms with E-state index in [0.29, 0.717) is 6.04 Å². The minimum Gasteiger partial charge on any atom is -0.394 e. The highest BCUT2D eigenvalue weighted by Gasteiger charge is 2.43. The predicted octanol–water partition coefficient (Wildman–Crippen LogP) is -0.0657. The van der Waals surface area contributed by atoms with Crippen LogP contribution in [0.2, 0.25) is 0 Å². The van der Waals surface area contributed by atoms with E-state index in [9.17, 15) is 15.0 Å². The molecule has 0 radical (unpaired) electrons. The molecule has 3 aromatic rings. The van der Waals surface area contributed by atoms with Gasteiger partial charge in [0.2, 0.25) is 5.95 Å². The molecule has 2 aliphatic heterocycles. The number of nitriles is 1. The summed E-state index contributed by atoms with van der Waals surface area (Å²) in [5.41, 5.74) is 7.75. The molecule has 5 atom stereocenters. The van der Waals surface area contributed by atoms with E-state index in [-0.39, 0.29) is 18.4 Å². The van der Waals surface area contributed by atoms with Gasteiger partial charge in [-0.05, 0) is 37.0 Å². The number of nitrogens with zero attached hydrogens (tertiary/aromatic N) is 6. The molecular formula is C22H26ClN7O5. The number of nitrogen functional groups attached to an aromatic ring is 1. The molecule has 0 amide bonds. The zero-order chi connectivity index (χ0) is 24.2. The molecule has 0 aliphatic carbocycles. The Balaban J connectivity index is 0.000000190. The van der Waals surface area contributed by atoms with Gasteiger partial charge in [-0.2, -0.15) is 10.2 Å². The molecule has 5 N–H and O–H groups in total. The summed E-state index contributed by atoms with van der Waals surface area (Å²) < 4.78 is 8.29. The molecule has 0 saturated carbocycles. The van der Waals surface area contributed by atoms with Crippen LogP contribution in [0.25, 0.3) is 0 Å². The van der Waals surface area contributed by atoms with Crippen molar-refractivity contribution in [1.82, 2.24) is 24.1 Å². The molecule has 0 spiro atoms. The Hall–Kier alpha value is -3.34. The first kappa shape index (κ1) is 26.3. The summed E-state index contributed by atoms with van der Waals surface area (Å²) in [6.07, 6.45) is 3.66. The number of nitrogens with two attached hydrogens (primary N) is 1. The van der Waals surface area contributed by atoms with Crippen molar-refractivity contribution in [3.8, 4) is 6.07 Å². The van der Waals surface area contributed by atoms with E-state index in [2.05, 4.69) is 37.7 Å². The summed E-state index contributed by atoms with van der Waals surface area (Å²) in [6.45, 7) is -0.473. The van der Waals surface area contributed by atoms with E-state index in [1.165, 1.54) is 17.7 Å². The molecule has 5 rings (SSSR count). The van der Waals surface area contributed by atoms with Crippen LogP contribution in [-0.4, -0.2) is 64.3 Å². The van der Waals surface area contributed by atoms with Crippen molar-refractivity contribution in [2.75, 3.05) is 12.3 Å². The van der Waals surface area contributed by atoms with E-state index in [0.717, 1.165) is 29.3 Å². The smallest absolute Gasteiger partial charge is 0.354 e. The summed E-state index contributed by atoms with van der Waals surface area (Å²) in [5, 5.41) is 36.9. The number of imidazole rings is 1. The first-order chi connectivity index (χ1) is 16.4. The maximum atomic E-state index is 11.5. The van der Waals surface area contributed by atoms with Crippen LogP contribution in [0, 0.1) is 11.3 Å². The van der Waals surface area contributed by atoms with Gasteiger partial charge in [0.1, 0.15) is 24.6 Å². The summed E-state index contributed by atoms with van der Waals surface area (Å²) in [5.74, 6) is -0.196. The molecule has 2 aromatic heterocycles. The van der Waals surface area contributed by atoms with Crippen LogP contribution >= 0.6 is 12.4 Å². The fourth-order valence-electron chi connectivity index (χ4n) is 4.17. The summed E-state index contributed by atoms with van der Waals surface area (Å²) >= 11 is 0. The lowest BCUT2D eigenvalue weighted by molar-refractivity contribution is -0.0554. The molecule has 35 heavy (non-hydrogen) atoms. The van der Waals surface area contributed by atoms with E-state index in [4.69, 9.17) is 20.8 Å². The fraction of sp³-hybridized carbons (Fsp3) is 0.409. The van der Waals surface area contributed by atoms with Gasteiger partial charge >= 0.3 is 5.69 Å². The van der Waals surface area contributed by atoms with Gasteiger partial charge in [-0.3, -0.25) is 4.57 Å². The van der Waals surface area contributed by atoms with Crippen LogP contribution in [0.3, 0.4) is 0 Å². The number of halogens is 1. The Bertz CT molecular complexity index is 1230. The lowest BCUT2D eigenvalue weighted by Gasteiger charge is -2.25. The zero-order valence-electron chi connectivity index (χ0n) is 18.6. The van der Waals surface area contributed by atoms with Gasteiger partial charge in [0.25, 0.3) is 0 Å². The monoisotopic (exact) mass is 503 g/mol. The standard InChI is InChI=1S/C14H13N3.C8H12N4O5.ClH/c15-8-11-4-6-12(7-5-11)14-3-1-2-13-9-16-10-17(13)14;9-7-10-2-12(8(16)11-7)6-5(15)4(14)3(1-13)17-6;/h4-7,9-10,14H,1-3H2;2-6,13-15H,1H2,(H2,9,11,16);1H/t;3-,4-,5+,6-;/m.1./s1. The topological polar surface area (TPSA) is 185 Å². The molecule has 1 aromatic carbocycles. The summed E-state index contributed by atoms with van der Waals surface area (Å²) in [7, 11) is 0. The second kappa shape index (κ2) is 11.4. The SMILES string of the molecule is Cl.N#Cc1ccc(C2CCCc3cncn32)cc1.Nc1ncn([C@@H]2O[C@H](CO)[C@@H](O)[C@@H]2O)c(=O)n1. The molecule has 186 valence electrons. The van der Waals surface area contributed by atoms with Gasteiger partial charge in [-0.25, -0.2) is 14.8 Å². The van der Waals surface area contributed by atoms with Gasteiger partial charge in [-0.1, -0.05) is 12.1 Å². The van der Waals surface area contributed by atoms with Crippen molar-refractivity contribution < 1.29 is 20.1 Å². The van der Waals surface area contributed by atoms with Crippen molar-refractivity contribution in [1.29, 1.82) is 5.26 Å². The van der Waals surface area contributed by atoms with Crippen molar-refractivity contribution >= 4 is 18.4 Å². The largest absolute Gasteiger partial charge is 0.394 e. The maximum Gasteiger partial charge on any atom is 0.354 e. The zero-order valence-corrected chi connectivity index (χ0v) is 19.4. The minimum absolute atomic E-state index is 0. The normalized spacial score (nSPS) is 24.9. The number of anilines is 1. The van der Waals surface area contributed by atoms with Gasteiger partial charge < -0.3 is 30.4 Å². The van der Waals surface area contributed by atoms with Gasteiger partial charge in [0.05, 0.1) is 30.6 Å². The summed E-state index contributed by atoms with van der Waals surface area (Å²) in [6, 6.07) is 10.4. The number of hydrogen-bond donors (Lipinski definition) is 4. The Morgan fingerprint density at radius 1 is 1.17 bits per heavy atom. The minimum atomic E-state index is -1.35. The molecule has 0 bridgehead atoms. The maximum absolute atomic E-state index is 11.5. The third-order valence-corrected chi connectivity index (χ3v) is 5.95. The van der Waals surface area contributed by atoms with Gasteiger partial charge in [0, 0.05) is 11.9 Å². The number of benzene rings is 1. The number of aliphatic hydroxyl groups is 3. The first-order valence-corrected chi connectivity index (χ1v) is 10.8. The van der Waals surface area contributed by atoms with Crippen molar-refractivity contribution in [2.24, 2.45) is 0 Å². The van der Waals surface area contributed by atoms with Crippen LogP contribution < -0.4 is 11.4 Å². The lowest BCUT2D eigenvalue weighted by Crippen LogP contribution is -2.36. The highest BCUT2D eigenvalue weighted by atomic mass is 35.5. The molecule has 1 fully saturated rings. The van der Waals surface area contributed by atoms with Crippen molar-refractivity contribution in [2.45, 2.75) is 49.8 Å². The van der Waals surface area contributed by atoms with Gasteiger partial charge in [-0.15, -0.1) is 12.4 Å². The molecule has 13 heteroatoms. The van der Waals surface area contributed by atoms with E-state index >= 15 is 0 Å². The van der Waals surface area contributed by atoms with Crippen LogP contribution in [-0.2, 0) is 11.2 Å². The quantitative estimate of drug-likeness (QED) is 0.377. The molecule has 4 heterocycles. The third kappa shape index (κ3) is 5.50. The average molecular weight is 504 g/mol. The van der Waals surface area contributed by atoms with Crippen LogP contribution in [0.5, 0.6) is 0 Å². The number of rotatable bonds is 3. The molecule has 12 nitrogen and oxygen atoms in total. The molecular weight excluding hydrogens is 478 g/mol. The Kier molecular flexibility index (Phi) is 8.55. The number of ether oxygens (including phenoxy) is 1. The predicted molar refractivity (Wildman–Crippen MR) is 125 cm³/mol. The molecule has 2 aliphatic rings. The number of fused-ring (bicyclic) bond motifs is 1. The number of aryl methyl sites for hydroxylation is 1. The molecule has 1 saturated heterocycles. The van der Waals surface area contributed by atoms with Crippen molar-refractivity contribution in [3.63, 3.8) is 0 Å². The number of hydrogen-bond acceptors (Lipinski definition) is 10. The number of aliphatic hydroxyl groups excluding tert-OH is 3. The Morgan fingerprint density at radius 2 is 1.91 bits per heavy atom. The lowest BCUT2D eigenvalue weighted by atomic mass is 9.96. The van der Waals surface area contributed by atoms with E-state index in [1.807, 2.05) is 24.7 Å². The van der Waals surface area contributed by atoms with Gasteiger partial charge in [0.15, 0.2) is 6.23 Å². The van der Waals surface area contributed by atoms with E-state index < -0.39 is 36.8 Å². The Labute approximate surface area is 206 Å². The second-order valence-corrected chi connectivity index (χ2v) is 8.07. The third-order valence-electron chi connectivity index (χ3n) is 5.95. The van der Waals surface area contributed by atoms with Crippen LogP contribution in [0.1, 0.15) is 41.9 Å². The van der Waals surface area contributed by atoms with E-state index in [1.54, 1.807) is 0 Å². The first-order valence-electron chi connectivity index (χ1n) is 10.8. The molecule has 1 unspecified atom stereocenters. The second-order valence-electron chi connectivity index (χ2n) is 8.07. The van der Waals surface area contributed by atoms with Crippen LogP contribution in [0.15, 0.2) is 47.9 Å². The highest BCUT2D eigenvalue weighted by molar-refractivity contribution is 5.85. The fourth-order valence-corrected chi connectivity index (χ4v) is 4.17. The highest BCUT2D eigenvalue weighted by Crippen LogP contribution is 2.30. The number of aromatic nitrogens is 5. The Morgan fingerprint density at radius 3 is 2.54 bits per heavy atom.